The number of aryl methyl sites for hydroxylation is 2. The molecule has 3 heterocycles. The number of allylic oxidation sites excluding steroid dienone is 2. The van der Waals surface area contributed by atoms with Crippen molar-refractivity contribution in [1.29, 1.82) is 0 Å². The monoisotopic (exact) mass is 358 g/mol. The first-order valence-corrected chi connectivity index (χ1v) is 8.50. The first-order chi connectivity index (χ1) is 11.5. The minimum atomic E-state index is 0.0582. The van der Waals surface area contributed by atoms with E-state index in [1.807, 2.05) is 34.8 Å². The lowest BCUT2D eigenvalue weighted by atomic mass is 10.0. The van der Waals surface area contributed by atoms with Crippen molar-refractivity contribution >= 4 is 34.9 Å². The van der Waals surface area contributed by atoms with E-state index in [4.69, 9.17) is 33.3 Å². The van der Waals surface area contributed by atoms with Crippen molar-refractivity contribution in [2.75, 3.05) is 0 Å². The Kier molecular flexibility index (Phi) is 3.55. The smallest absolute Gasteiger partial charge is 0.163 e. The van der Waals surface area contributed by atoms with E-state index in [-0.39, 0.29) is 6.04 Å². The molecule has 0 bridgehead atoms. The Hall–Kier alpha value is -2.04. The standard InChI is InChI=1S/C18H16Cl2N4/c1-10-4-6-14(7-5-10)24-18-16(11(2)22-24)12(3)23-9-13(19)8-15(20)17(23)21-18/h4-9,12H,1-3H3/t12-/m0/s1. The first-order valence-electron chi connectivity index (χ1n) is 7.74. The van der Waals surface area contributed by atoms with Crippen molar-refractivity contribution in [2.45, 2.75) is 26.8 Å². The third-order valence-electron chi connectivity index (χ3n) is 4.39. The van der Waals surface area contributed by atoms with E-state index in [2.05, 4.69) is 26.0 Å². The van der Waals surface area contributed by atoms with Crippen LogP contribution in [0.5, 0.6) is 0 Å². The summed E-state index contributed by atoms with van der Waals surface area (Å²) in [5.74, 6) is 1.53. The molecule has 0 radical (unpaired) electrons. The molecule has 0 unspecified atom stereocenters. The molecule has 2 aliphatic rings. The van der Waals surface area contributed by atoms with Gasteiger partial charge in [0.2, 0.25) is 0 Å². The highest BCUT2D eigenvalue weighted by atomic mass is 35.5. The van der Waals surface area contributed by atoms with Crippen LogP contribution >= 0.6 is 23.2 Å². The SMILES string of the molecule is Cc1ccc(-n2nc(C)c3c2N=C2C(Cl)=CC(Cl)=CN2[C@H]3C)cc1. The number of aliphatic imine (C=N–C) groups is 1. The zero-order valence-electron chi connectivity index (χ0n) is 13.6. The molecule has 122 valence electrons. The van der Waals surface area contributed by atoms with Gasteiger partial charge >= 0.3 is 0 Å². The second-order valence-electron chi connectivity index (χ2n) is 6.09. The molecule has 1 aromatic heterocycles. The van der Waals surface area contributed by atoms with E-state index in [1.54, 1.807) is 6.08 Å². The average molecular weight is 359 g/mol. The van der Waals surface area contributed by atoms with E-state index in [1.165, 1.54) is 5.56 Å². The van der Waals surface area contributed by atoms with Gasteiger partial charge in [-0.15, -0.1) is 0 Å². The van der Waals surface area contributed by atoms with Crippen LogP contribution in [0, 0.1) is 13.8 Å². The Balaban J connectivity index is 1.92. The van der Waals surface area contributed by atoms with Crippen molar-refractivity contribution in [3.63, 3.8) is 0 Å². The molecule has 0 saturated carbocycles. The highest BCUT2D eigenvalue weighted by molar-refractivity contribution is 6.45. The van der Waals surface area contributed by atoms with E-state index in [0.717, 1.165) is 22.8 Å². The first kappa shape index (κ1) is 15.5. The summed E-state index contributed by atoms with van der Waals surface area (Å²) in [5, 5.41) is 5.84. The highest BCUT2D eigenvalue weighted by Gasteiger charge is 2.34. The summed E-state index contributed by atoms with van der Waals surface area (Å²) in [6.45, 7) is 6.18. The largest absolute Gasteiger partial charge is 0.323 e. The number of fused-ring (bicyclic) bond motifs is 2. The summed E-state index contributed by atoms with van der Waals surface area (Å²) in [5.41, 5.74) is 4.24. The van der Waals surface area contributed by atoms with Gasteiger partial charge < -0.3 is 4.90 Å². The van der Waals surface area contributed by atoms with Gasteiger partial charge in [-0.2, -0.15) is 5.10 Å². The Bertz CT molecular complexity index is 919. The number of rotatable bonds is 1. The highest BCUT2D eigenvalue weighted by Crippen LogP contribution is 2.42. The van der Waals surface area contributed by atoms with Crippen molar-refractivity contribution in [2.24, 2.45) is 4.99 Å². The number of benzene rings is 1. The van der Waals surface area contributed by atoms with Crippen molar-refractivity contribution in [3.05, 3.63) is 63.4 Å². The second kappa shape index (κ2) is 5.50. The molecule has 6 heteroatoms. The van der Waals surface area contributed by atoms with Gasteiger partial charge in [-0.3, -0.25) is 0 Å². The van der Waals surface area contributed by atoms with E-state index >= 15 is 0 Å². The molecule has 4 nitrogen and oxygen atoms in total. The van der Waals surface area contributed by atoms with Crippen LogP contribution in [0.2, 0.25) is 0 Å². The maximum absolute atomic E-state index is 6.38. The number of halogens is 2. The van der Waals surface area contributed by atoms with Crippen LogP contribution < -0.4 is 0 Å². The Morgan fingerprint density at radius 3 is 2.50 bits per heavy atom. The molecule has 0 amide bonds. The van der Waals surface area contributed by atoms with E-state index < -0.39 is 0 Å². The molecule has 2 aliphatic heterocycles. The van der Waals surface area contributed by atoms with Crippen LogP contribution in [0.15, 0.2) is 51.6 Å². The molecule has 0 fully saturated rings. The third-order valence-corrected chi connectivity index (χ3v) is 4.88. The van der Waals surface area contributed by atoms with Gasteiger partial charge in [0.25, 0.3) is 0 Å². The zero-order chi connectivity index (χ0) is 17.0. The fourth-order valence-corrected chi connectivity index (χ4v) is 3.70. The zero-order valence-corrected chi connectivity index (χ0v) is 15.1. The molecule has 4 rings (SSSR count). The van der Waals surface area contributed by atoms with Crippen LogP contribution in [-0.2, 0) is 0 Å². The van der Waals surface area contributed by atoms with E-state index in [9.17, 15) is 0 Å². The van der Waals surface area contributed by atoms with Gasteiger partial charge in [0, 0.05) is 11.8 Å². The van der Waals surface area contributed by atoms with Crippen LogP contribution in [-0.4, -0.2) is 20.5 Å². The van der Waals surface area contributed by atoms with Gasteiger partial charge in [-0.25, -0.2) is 9.67 Å². The Morgan fingerprint density at radius 2 is 1.79 bits per heavy atom. The lowest BCUT2D eigenvalue weighted by Crippen LogP contribution is -2.33. The van der Waals surface area contributed by atoms with Gasteiger partial charge in [-0.1, -0.05) is 40.9 Å². The van der Waals surface area contributed by atoms with E-state index in [0.29, 0.717) is 15.9 Å². The summed E-state index contributed by atoms with van der Waals surface area (Å²) in [6.07, 6.45) is 3.58. The van der Waals surface area contributed by atoms with Gasteiger partial charge in [0.05, 0.1) is 27.5 Å². The topological polar surface area (TPSA) is 33.4 Å². The molecule has 24 heavy (non-hydrogen) atoms. The average Bonchev–Trinajstić information content (AvgIpc) is 2.87. The molecule has 0 spiro atoms. The number of hydrogen-bond acceptors (Lipinski definition) is 3. The predicted octanol–water partition coefficient (Wildman–Crippen LogP) is 5.11. The van der Waals surface area contributed by atoms with Gasteiger partial charge in [0.1, 0.15) is 0 Å². The number of aromatic nitrogens is 2. The normalized spacial score (nSPS) is 19.3. The summed E-state index contributed by atoms with van der Waals surface area (Å²) in [7, 11) is 0. The van der Waals surface area contributed by atoms with Crippen molar-refractivity contribution in [3.8, 4) is 5.69 Å². The quantitative estimate of drug-likeness (QED) is 0.709. The Morgan fingerprint density at radius 1 is 1.08 bits per heavy atom. The van der Waals surface area contributed by atoms with Crippen LogP contribution in [0.4, 0.5) is 5.82 Å². The third kappa shape index (κ3) is 2.29. The molecule has 2 aromatic rings. The molecule has 0 saturated heterocycles. The summed E-state index contributed by atoms with van der Waals surface area (Å²) in [4.78, 5) is 6.79. The summed E-state index contributed by atoms with van der Waals surface area (Å²) >= 11 is 12.5. The molecule has 1 aromatic carbocycles. The lowest BCUT2D eigenvalue weighted by molar-refractivity contribution is 0.433. The number of hydrogen-bond donors (Lipinski definition) is 0. The maximum atomic E-state index is 6.38. The summed E-state index contributed by atoms with van der Waals surface area (Å²) in [6, 6.07) is 8.30. The van der Waals surface area contributed by atoms with Crippen LogP contribution in [0.1, 0.15) is 29.8 Å². The summed E-state index contributed by atoms with van der Waals surface area (Å²) < 4.78 is 1.88. The minimum Gasteiger partial charge on any atom is -0.323 e. The van der Waals surface area contributed by atoms with Gasteiger partial charge in [-0.05, 0) is 39.0 Å². The fourth-order valence-electron chi connectivity index (χ4n) is 3.18. The number of amidine groups is 1. The minimum absolute atomic E-state index is 0.0582. The predicted molar refractivity (Wildman–Crippen MR) is 98.3 cm³/mol. The molecule has 1 atom stereocenters. The van der Waals surface area contributed by atoms with Crippen molar-refractivity contribution in [1.82, 2.24) is 14.7 Å². The molecule has 0 aliphatic carbocycles. The van der Waals surface area contributed by atoms with Gasteiger partial charge in [0.15, 0.2) is 11.7 Å². The number of nitrogens with zero attached hydrogens (tertiary/aromatic N) is 4. The van der Waals surface area contributed by atoms with Crippen molar-refractivity contribution < 1.29 is 0 Å². The molecule has 0 N–H and O–H groups in total. The molecular weight excluding hydrogens is 343 g/mol. The van der Waals surface area contributed by atoms with Crippen LogP contribution in [0.25, 0.3) is 5.69 Å². The molecular formula is C18H16Cl2N4. The fraction of sp³-hybridized carbons (Fsp3) is 0.222. The Labute approximate surface area is 150 Å². The lowest BCUT2D eigenvalue weighted by Gasteiger charge is -2.34. The maximum Gasteiger partial charge on any atom is 0.163 e. The second-order valence-corrected chi connectivity index (χ2v) is 6.94. The van der Waals surface area contributed by atoms with Crippen LogP contribution in [0.3, 0.4) is 0 Å².